The number of allylic oxidation sites excluding steroid dienone is 2. The minimum atomic E-state index is -1.41. The molecular weight excluding hydrogens is 630 g/mol. The van der Waals surface area contributed by atoms with Crippen LogP contribution in [0.15, 0.2) is 115 Å². The topological polar surface area (TPSA) is 116 Å². The molecule has 1 saturated carbocycles. The van der Waals surface area contributed by atoms with Crippen LogP contribution < -0.4 is 15.1 Å². The molecule has 6 unspecified atom stereocenters. The summed E-state index contributed by atoms with van der Waals surface area (Å²) in [6.45, 7) is 4.09. The number of amides is 4. The Labute approximate surface area is 290 Å². The number of hydrazine groups is 1. The molecule has 3 fully saturated rings. The molecule has 9 nitrogen and oxygen atoms in total. The molecule has 4 amide bonds. The molecule has 9 heteroatoms. The number of aromatic hydroxyl groups is 1. The summed E-state index contributed by atoms with van der Waals surface area (Å²) in [5.74, 6) is -4.51. The first-order valence-electron chi connectivity index (χ1n) is 17.1. The summed E-state index contributed by atoms with van der Waals surface area (Å²) in [6.07, 6.45) is 2.55. The number of anilines is 2. The highest BCUT2D eigenvalue weighted by Crippen LogP contribution is 2.64. The number of carbonyl (C=O) groups is 4. The SMILES string of the molecule is CCOc1cc(C2C3=CCC4C(=O)N(c5ccccc5)C(=O)C4C3CC3C(=O)N(Nc4ccc(C)cc4)C(=O)C32c2ccccc2)ccc1O. The average Bonchev–Trinajstić information content (AvgIpc) is 3.51. The van der Waals surface area contributed by atoms with E-state index in [1.54, 1.807) is 42.5 Å². The van der Waals surface area contributed by atoms with Crippen molar-refractivity contribution in [2.75, 3.05) is 16.9 Å². The Morgan fingerprint density at radius 1 is 0.840 bits per heavy atom. The summed E-state index contributed by atoms with van der Waals surface area (Å²) in [5, 5.41) is 11.9. The van der Waals surface area contributed by atoms with E-state index in [2.05, 4.69) is 5.43 Å². The summed E-state index contributed by atoms with van der Waals surface area (Å²) in [6, 6.07) is 30.8. The highest BCUT2D eigenvalue weighted by atomic mass is 16.5. The average molecular weight is 668 g/mol. The van der Waals surface area contributed by atoms with Crippen molar-refractivity contribution in [2.45, 2.75) is 38.0 Å². The summed E-state index contributed by atoms with van der Waals surface area (Å²) in [7, 11) is 0. The molecule has 0 aromatic heterocycles. The summed E-state index contributed by atoms with van der Waals surface area (Å²) >= 11 is 0. The highest BCUT2D eigenvalue weighted by Gasteiger charge is 2.70. The number of nitrogens with zero attached hydrogens (tertiary/aromatic N) is 2. The third-order valence-electron chi connectivity index (χ3n) is 11.0. The molecule has 4 aliphatic rings. The molecule has 0 bridgehead atoms. The van der Waals surface area contributed by atoms with E-state index in [1.165, 1.54) is 4.90 Å². The number of aryl methyl sites for hydroxylation is 1. The lowest BCUT2D eigenvalue weighted by molar-refractivity contribution is -0.138. The molecule has 2 heterocycles. The lowest BCUT2D eigenvalue weighted by Crippen LogP contribution is -2.53. The van der Waals surface area contributed by atoms with Gasteiger partial charge in [0, 0.05) is 5.92 Å². The van der Waals surface area contributed by atoms with Gasteiger partial charge in [0.15, 0.2) is 11.5 Å². The fourth-order valence-electron chi connectivity index (χ4n) is 8.94. The first-order valence-corrected chi connectivity index (χ1v) is 17.1. The van der Waals surface area contributed by atoms with Gasteiger partial charge in [0.05, 0.1) is 41.2 Å². The van der Waals surface area contributed by atoms with Crippen molar-refractivity contribution in [2.24, 2.45) is 23.7 Å². The summed E-state index contributed by atoms with van der Waals surface area (Å²) in [5.41, 5.74) is 6.05. The minimum Gasteiger partial charge on any atom is -0.504 e. The van der Waals surface area contributed by atoms with Gasteiger partial charge in [0.2, 0.25) is 11.8 Å². The number of phenols is 1. The number of rotatable bonds is 7. The van der Waals surface area contributed by atoms with Gasteiger partial charge in [-0.1, -0.05) is 83.9 Å². The van der Waals surface area contributed by atoms with Crippen molar-refractivity contribution < 1.29 is 29.0 Å². The van der Waals surface area contributed by atoms with E-state index in [9.17, 15) is 19.5 Å². The fraction of sp³-hybridized carbons (Fsp3) is 0.268. The van der Waals surface area contributed by atoms with E-state index >= 15 is 4.79 Å². The van der Waals surface area contributed by atoms with Crippen LogP contribution in [0.25, 0.3) is 0 Å². The zero-order chi connectivity index (χ0) is 34.7. The summed E-state index contributed by atoms with van der Waals surface area (Å²) < 4.78 is 5.83. The van der Waals surface area contributed by atoms with Crippen molar-refractivity contribution >= 4 is 35.0 Å². The van der Waals surface area contributed by atoms with Gasteiger partial charge in [-0.3, -0.25) is 29.5 Å². The van der Waals surface area contributed by atoms with Crippen LogP contribution in [0.1, 0.15) is 42.4 Å². The standard InChI is InChI=1S/C41H37N3O6/c1-3-50-34-22-25(16-21-33(34)45)36-29-19-20-30-35(39(48)43(37(30)46)28-12-8-5-9-13-28)31(29)23-32-38(47)44(42-27-17-14-24(2)15-18-27)40(49)41(32,36)26-10-6-4-7-11-26/h4-19,21-22,30-32,35-36,42,45H,3,20,23H2,1-2H3. The van der Waals surface area contributed by atoms with Crippen LogP contribution in [0.3, 0.4) is 0 Å². The lowest BCUT2D eigenvalue weighted by Gasteiger charge is -2.50. The number of ether oxygens (including phenoxy) is 1. The molecule has 4 aromatic rings. The largest absolute Gasteiger partial charge is 0.504 e. The molecule has 0 radical (unpaired) electrons. The second kappa shape index (κ2) is 12.0. The smallest absolute Gasteiger partial charge is 0.260 e. The van der Waals surface area contributed by atoms with Crippen molar-refractivity contribution in [3.63, 3.8) is 0 Å². The number of hydrogen-bond acceptors (Lipinski definition) is 7. The molecule has 252 valence electrons. The number of fused-ring (bicyclic) bond motifs is 4. The predicted molar refractivity (Wildman–Crippen MR) is 187 cm³/mol. The van der Waals surface area contributed by atoms with E-state index < -0.39 is 46.8 Å². The minimum absolute atomic E-state index is 0.0440. The van der Waals surface area contributed by atoms with Gasteiger partial charge in [0.1, 0.15) is 0 Å². The number of benzene rings is 4. The lowest BCUT2D eigenvalue weighted by atomic mass is 9.49. The predicted octanol–water partition coefficient (Wildman–Crippen LogP) is 6.29. The number of carbonyl (C=O) groups excluding carboxylic acids is 4. The van der Waals surface area contributed by atoms with E-state index in [-0.39, 0.29) is 29.7 Å². The van der Waals surface area contributed by atoms with Gasteiger partial charge < -0.3 is 9.84 Å². The number of para-hydroxylation sites is 1. The van der Waals surface area contributed by atoms with Gasteiger partial charge in [-0.25, -0.2) is 0 Å². The summed E-state index contributed by atoms with van der Waals surface area (Å²) in [4.78, 5) is 59.7. The molecule has 6 atom stereocenters. The highest BCUT2D eigenvalue weighted by molar-refractivity contribution is 6.22. The van der Waals surface area contributed by atoms with Crippen LogP contribution in [0.5, 0.6) is 11.5 Å². The Balaban J connectivity index is 1.33. The second-order valence-electron chi connectivity index (χ2n) is 13.6. The normalized spacial score (nSPS) is 27.1. The Morgan fingerprint density at radius 3 is 2.24 bits per heavy atom. The van der Waals surface area contributed by atoms with Gasteiger partial charge >= 0.3 is 0 Å². The maximum Gasteiger partial charge on any atom is 0.260 e. The molecule has 4 aromatic carbocycles. The second-order valence-corrected chi connectivity index (χ2v) is 13.6. The number of imide groups is 2. The Morgan fingerprint density at radius 2 is 1.54 bits per heavy atom. The van der Waals surface area contributed by atoms with E-state index in [0.717, 1.165) is 16.1 Å². The number of phenolic OH excluding ortho intramolecular Hbond substituents is 1. The molecule has 50 heavy (non-hydrogen) atoms. The van der Waals surface area contributed by atoms with Gasteiger partial charge in [-0.15, -0.1) is 0 Å². The monoisotopic (exact) mass is 667 g/mol. The van der Waals surface area contributed by atoms with Crippen LogP contribution in [0, 0.1) is 30.6 Å². The van der Waals surface area contributed by atoms with E-state index in [4.69, 9.17) is 4.74 Å². The molecule has 8 rings (SSSR count). The van der Waals surface area contributed by atoms with Crippen LogP contribution in [0.4, 0.5) is 11.4 Å². The molecule has 0 spiro atoms. The Hall–Kier alpha value is -5.70. The Kier molecular flexibility index (Phi) is 7.58. The first-order chi connectivity index (χ1) is 24.2. The van der Waals surface area contributed by atoms with E-state index in [0.29, 0.717) is 35.5 Å². The quantitative estimate of drug-likeness (QED) is 0.176. The van der Waals surface area contributed by atoms with Gasteiger partial charge in [-0.05, 0) is 80.1 Å². The number of nitrogens with one attached hydrogen (secondary N) is 1. The van der Waals surface area contributed by atoms with Crippen molar-refractivity contribution in [1.82, 2.24) is 5.01 Å². The van der Waals surface area contributed by atoms with Crippen LogP contribution in [0.2, 0.25) is 0 Å². The van der Waals surface area contributed by atoms with Crippen LogP contribution in [-0.2, 0) is 24.6 Å². The van der Waals surface area contributed by atoms with Crippen LogP contribution >= 0.6 is 0 Å². The molecule has 2 aliphatic heterocycles. The zero-order valence-electron chi connectivity index (χ0n) is 27.8. The number of hydrogen-bond donors (Lipinski definition) is 2. The van der Waals surface area contributed by atoms with Crippen LogP contribution in [-0.4, -0.2) is 40.4 Å². The Bertz CT molecular complexity index is 2050. The maximum atomic E-state index is 15.3. The third kappa shape index (κ3) is 4.60. The van der Waals surface area contributed by atoms with Gasteiger partial charge in [-0.2, -0.15) is 5.01 Å². The van der Waals surface area contributed by atoms with Crippen molar-refractivity contribution in [3.05, 3.63) is 131 Å². The molecular formula is C41H37N3O6. The van der Waals surface area contributed by atoms with Gasteiger partial charge in [0.25, 0.3) is 11.8 Å². The molecule has 2 saturated heterocycles. The van der Waals surface area contributed by atoms with Crippen molar-refractivity contribution in [1.29, 1.82) is 0 Å². The van der Waals surface area contributed by atoms with Crippen molar-refractivity contribution in [3.8, 4) is 11.5 Å². The molecule has 2 aliphatic carbocycles. The van der Waals surface area contributed by atoms with E-state index in [1.807, 2.05) is 80.6 Å². The third-order valence-corrected chi connectivity index (χ3v) is 11.0. The first kappa shape index (κ1) is 31.6. The maximum absolute atomic E-state index is 15.3. The zero-order valence-corrected chi connectivity index (χ0v) is 27.8. The fourth-order valence-corrected chi connectivity index (χ4v) is 8.94. The molecule has 2 N–H and O–H groups in total.